The number of ether oxygens (including phenoxy) is 1. The fourth-order valence-electron chi connectivity index (χ4n) is 3.55. The fourth-order valence-corrected chi connectivity index (χ4v) is 4.79. The van der Waals surface area contributed by atoms with Crippen LogP contribution in [0.2, 0.25) is 0 Å². The molecule has 2 N–H and O–H groups in total. The Labute approximate surface area is 162 Å². The van der Waals surface area contributed by atoms with Gasteiger partial charge in [0.2, 0.25) is 0 Å². The van der Waals surface area contributed by atoms with Gasteiger partial charge in [-0.05, 0) is 40.8 Å². The standard InChI is InChI=1S/C20H19IN4O/c1-12-5-6-13-16(10-12)24-17(14-4-2-3-9-22-14)18(25-20-19(13)26-20)15-7-8-21-11-23-15/h2-11,17-20,24-25H,1H3. The first-order valence-electron chi connectivity index (χ1n) is 8.67. The summed E-state index contributed by atoms with van der Waals surface area (Å²) in [6.45, 7) is 2.12. The molecule has 5 rings (SSSR count). The second-order valence-corrected chi connectivity index (χ2v) is 8.65. The highest BCUT2D eigenvalue weighted by atomic mass is 127. The third-order valence-electron chi connectivity index (χ3n) is 4.88. The number of aryl methyl sites for hydroxylation is 1. The predicted octanol–water partition coefficient (Wildman–Crippen LogP) is 3.61. The zero-order valence-electron chi connectivity index (χ0n) is 14.3. The summed E-state index contributed by atoms with van der Waals surface area (Å²) in [5.41, 5.74) is 5.58. The van der Waals surface area contributed by atoms with E-state index in [4.69, 9.17) is 9.73 Å². The second kappa shape index (κ2) is 6.68. The van der Waals surface area contributed by atoms with Gasteiger partial charge in [0.05, 0.1) is 27.6 Å². The number of nitrogens with one attached hydrogen (secondary N) is 2. The summed E-state index contributed by atoms with van der Waals surface area (Å²) >= 11 is -0.0534. The van der Waals surface area contributed by atoms with Crippen LogP contribution in [0.4, 0.5) is 5.69 Å². The lowest BCUT2D eigenvalue weighted by molar-refractivity contribution is 0.336. The van der Waals surface area contributed by atoms with Crippen LogP contribution in [0.25, 0.3) is 0 Å². The van der Waals surface area contributed by atoms with E-state index in [2.05, 4.69) is 61.1 Å². The summed E-state index contributed by atoms with van der Waals surface area (Å²) in [7, 11) is 0. The van der Waals surface area contributed by atoms with E-state index in [1.807, 2.05) is 18.3 Å². The summed E-state index contributed by atoms with van der Waals surface area (Å²) in [5, 5.41) is 7.39. The minimum atomic E-state index is -0.0534. The lowest BCUT2D eigenvalue weighted by Crippen LogP contribution is -2.47. The van der Waals surface area contributed by atoms with Crippen LogP contribution in [0.15, 0.2) is 57.7 Å². The van der Waals surface area contributed by atoms with Gasteiger partial charge < -0.3 is 10.1 Å². The number of pyridine rings is 1. The van der Waals surface area contributed by atoms with Gasteiger partial charge in [-0.2, -0.15) is 0 Å². The third-order valence-corrected chi connectivity index (χ3v) is 6.26. The normalized spacial score (nSPS) is 29.2. The molecular weight excluding hydrogens is 439 g/mol. The van der Waals surface area contributed by atoms with Crippen LogP contribution >= 0.6 is 20.7 Å². The number of fused-ring (bicyclic) bond motifs is 3. The average Bonchev–Trinajstić information content (AvgIpc) is 3.43. The minimum Gasteiger partial charge on any atom is -0.374 e. The Morgan fingerprint density at radius 2 is 2.12 bits per heavy atom. The number of nitrogens with zero attached hydrogens (tertiary/aromatic N) is 2. The van der Waals surface area contributed by atoms with Crippen molar-refractivity contribution in [3.8, 4) is 0 Å². The van der Waals surface area contributed by atoms with E-state index < -0.39 is 0 Å². The first kappa shape index (κ1) is 16.3. The molecule has 0 spiro atoms. The van der Waals surface area contributed by atoms with Crippen molar-refractivity contribution < 1.29 is 4.74 Å². The second-order valence-electron chi connectivity index (χ2n) is 6.66. The van der Waals surface area contributed by atoms with Crippen molar-refractivity contribution in [2.75, 3.05) is 5.32 Å². The Balaban J connectivity index is 1.62. The van der Waals surface area contributed by atoms with Gasteiger partial charge in [0.15, 0.2) is 0 Å². The molecule has 3 aliphatic rings. The maximum Gasteiger partial charge on any atom is 0.140 e. The maximum absolute atomic E-state index is 5.96. The number of benzene rings is 1. The van der Waals surface area contributed by atoms with Crippen LogP contribution in [0.5, 0.6) is 0 Å². The molecule has 6 heteroatoms. The smallest absolute Gasteiger partial charge is 0.140 e. The summed E-state index contributed by atoms with van der Waals surface area (Å²) < 4.78 is 10.3. The molecule has 4 heterocycles. The van der Waals surface area contributed by atoms with Crippen LogP contribution in [-0.4, -0.2) is 27.1 Å². The highest BCUT2D eigenvalue weighted by molar-refractivity contribution is 14.2. The maximum atomic E-state index is 5.96. The van der Waals surface area contributed by atoms with Gasteiger partial charge in [-0.15, -0.1) is 0 Å². The first-order chi connectivity index (χ1) is 12.8. The molecule has 1 aromatic heterocycles. The molecule has 1 fully saturated rings. The Bertz CT molecular complexity index is 925. The van der Waals surface area contributed by atoms with E-state index in [-0.39, 0.29) is 45.1 Å². The van der Waals surface area contributed by atoms with Crippen LogP contribution in [0, 0.1) is 6.92 Å². The SMILES string of the molecule is Cc1ccc2c(c1)NC(c1ccccn1)C(C1=NC=IC=C1)NC1OC21. The van der Waals surface area contributed by atoms with E-state index in [1.54, 1.807) is 0 Å². The summed E-state index contributed by atoms with van der Waals surface area (Å²) in [4.78, 5) is 9.32. The molecule has 3 aliphatic heterocycles. The predicted molar refractivity (Wildman–Crippen MR) is 113 cm³/mol. The van der Waals surface area contributed by atoms with Crippen LogP contribution in [-0.2, 0) is 4.74 Å². The quantitative estimate of drug-likeness (QED) is 0.534. The Morgan fingerprint density at radius 1 is 1.15 bits per heavy atom. The van der Waals surface area contributed by atoms with Crippen molar-refractivity contribution in [3.63, 3.8) is 0 Å². The molecule has 0 aliphatic carbocycles. The van der Waals surface area contributed by atoms with Gasteiger partial charge in [-0.3, -0.25) is 15.3 Å². The van der Waals surface area contributed by atoms with E-state index in [1.165, 1.54) is 11.1 Å². The van der Waals surface area contributed by atoms with Crippen molar-refractivity contribution in [3.05, 3.63) is 69.6 Å². The number of anilines is 1. The minimum absolute atomic E-state index is 0.00892. The molecule has 5 nitrogen and oxygen atoms in total. The van der Waals surface area contributed by atoms with Crippen LogP contribution in [0.1, 0.15) is 29.0 Å². The third kappa shape index (κ3) is 3.02. The van der Waals surface area contributed by atoms with Gasteiger partial charge in [0, 0.05) is 17.4 Å². The zero-order chi connectivity index (χ0) is 17.5. The molecular formula is C20H19IN4O. The van der Waals surface area contributed by atoms with Gasteiger partial charge in [0.25, 0.3) is 0 Å². The summed E-state index contributed by atoms with van der Waals surface area (Å²) in [5.74, 6) is 0. The monoisotopic (exact) mass is 458 g/mol. The highest BCUT2D eigenvalue weighted by Gasteiger charge is 2.47. The number of aromatic nitrogens is 1. The highest BCUT2D eigenvalue weighted by Crippen LogP contribution is 2.44. The number of rotatable bonds is 2. The average molecular weight is 458 g/mol. The number of epoxide rings is 1. The van der Waals surface area contributed by atoms with Crippen molar-refractivity contribution in [1.82, 2.24) is 10.3 Å². The van der Waals surface area contributed by atoms with Gasteiger partial charge in [-0.25, -0.2) is 0 Å². The molecule has 132 valence electrons. The Kier molecular flexibility index (Phi) is 4.18. The summed E-state index contributed by atoms with van der Waals surface area (Å²) in [6.07, 6.45) is 4.10. The van der Waals surface area contributed by atoms with E-state index in [0.29, 0.717) is 0 Å². The van der Waals surface area contributed by atoms with Crippen molar-refractivity contribution in [2.45, 2.75) is 31.3 Å². The first-order valence-corrected chi connectivity index (χ1v) is 11.2. The Morgan fingerprint density at radius 3 is 2.92 bits per heavy atom. The molecule has 2 aromatic rings. The summed E-state index contributed by atoms with van der Waals surface area (Å²) in [6, 6.07) is 12.5. The topological polar surface area (TPSA) is 61.8 Å². The molecule has 1 aromatic carbocycles. The number of halogens is 1. The lowest BCUT2D eigenvalue weighted by Gasteiger charge is -2.31. The molecule has 4 unspecified atom stereocenters. The van der Waals surface area contributed by atoms with Crippen LogP contribution < -0.4 is 10.6 Å². The molecule has 0 amide bonds. The van der Waals surface area contributed by atoms with Crippen molar-refractivity contribution >= 4 is 36.3 Å². The van der Waals surface area contributed by atoms with E-state index in [0.717, 1.165) is 17.1 Å². The molecule has 1 saturated heterocycles. The van der Waals surface area contributed by atoms with Gasteiger partial charge >= 0.3 is 0 Å². The molecule has 0 radical (unpaired) electrons. The number of hydrogen-bond donors (Lipinski definition) is 2. The molecule has 4 atom stereocenters. The van der Waals surface area contributed by atoms with Gasteiger partial charge in [-0.1, -0.05) is 38.9 Å². The lowest BCUT2D eigenvalue weighted by atomic mass is 9.95. The molecule has 0 saturated carbocycles. The largest absolute Gasteiger partial charge is 0.374 e. The fraction of sp³-hybridized carbons (Fsp3) is 0.250. The van der Waals surface area contributed by atoms with E-state index >= 15 is 0 Å². The zero-order valence-corrected chi connectivity index (χ0v) is 16.4. The number of hydrogen-bond acceptors (Lipinski definition) is 5. The van der Waals surface area contributed by atoms with Gasteiger partial charge in [0.1, 0.15) is 12.3 Å². The Hall–Kier alpha value is -1.90. The van der Waals surface area contributed by atoms with E-state index in [9.17, 15) is 0 Å². The molecule has 0 bridgehead atoms. The molecule has 26 heavy (non-hydrogen) atoms. The number of aliphatic imine (C=N–C) groups is 1. The van der Waals surface area contributed by atoms with Crippen molar-refractivity contribution in [2.24, 2.45) is 4.99 Å². The van der Waals surface area contributed by atoms with Crippen molar-refractivity contribution in [1.29, 1.82) is 0 Å². The van der Waals surface area contributed by atoms with Crippen LogP contribution in [0.3, 0.4) is 0 Å².